The number of rotatable bonds is 2. The molecular formula is C14H13N3O. The van der Waals surface area contributed by atoms with E-state index in [2.05, 4.69) is 15.6 Å². The van der Waals surface area contributed by atoms with Crippen molar-refractivity contribution in [2.24, 2.45) is 0 Å². The molecule has 1 aliphatic heterocycles. The van der Waals surface area contributed by atoms with Crippen LogP contribution < -0.4 is 10.6 Å². The molecule has 4 nitrogen and oxygen atoms in total. The van der Waals surface area contributed by atoms with E-state index in [1.165, 1.54) is 11.1 Å². The van der Waals surface area contributed by atoms with E-state index in [1.54, 1.807) is 24.5 Å². The van der Waals surface area contributed by atoms with Gasteiger partial charge in [0.1, 0.15) is 0 Å². The fourth-order valence-corrected chi connectivity index (χ4v) is 2.07. The summed E-state index contributed by atoms with van der Waals surface area (Å²) in [5.41, 5.74) is 3.94. The highest BCUT2D eigenvalue weighted by Crippen LogP contribution is 2.20. The molecule has 0 saturated carbocycles. The van der Waals surface area contributed by atoms with Crippen LogP contribution in [0.15, 0.2) is 42.7 Å². The number of carbonyl (C=O) groups is 1. The summed E-state index contributed by atoms with van der Waals surface area (Å²) in [5.74, 6) is -0.131. The van der Waals surface area contributed by atoms with Crippen molar-refractivity contribution in [3.63, 3.8) is 0 Å². The molecule has 1 aromatic carbocycles. The summed E-state index contributed by atoms with van der Waals surface area (Å²) >= 11 is 0. The Morgan fingerprint density at radius 1 is 1.22 bits per heavy atom. The first-order chi connectivity index (χ1) is 8.83. The van der Waals surface area contributed by atoms with Gasteiger partial charge in [-0.25, -0.2) is 0 Å². The van der Waals surface area contributed by atoms with Crippen LogP contribution in [-0.4, -0.2) is 10.9 Å². The Morgan fingerprint density at radius 3 is 2.94 bits per heavy atom. The summed E-state index contributed by atoms with van der Waals surface area (Å²) in [6, 6.07) is 9.50. The molecule has 1 aliphatic rings. The van der Waals surface area contributed by atoms with Gasteiger partial charge in [-0.15, -0.1) is 0 Å². The largest absolute Gasteiger partial charge is 0.322 e. The van der Waals surface area contributed by atoms with Crippen LogP contribution >= 0.6 is 0 Å². The summed E-state index contributed by atoms with van der Waals surface area (Å²) in [7, 11) is 0. The molecule has 2 N–H and O–H groups in total. The minimum atomic E-state index is -0.131. The van der Waals surface area contributed by atoms with Gasteiger partial charge in [0.15, 0.2) is 0 Å². The number of aromatic nitrogens is 1. The average molecular weight is 239 g/mol. The van der Waals surface area contributed by atoms with Crippen molar-refractivity contribution in [1.82, 2.24) is 10.3 Å². The van der Waals surface area contributed by atoms with Crippen molar-refractivity contribution in [3.05, 3.63) is 59.4 Å². The Kier molecular flexibility index (Phi) is 2.78. The predicted octanol–water partition coefficient (Wildman–Crippen LogP) is 1.94. The van der Waals surface area contributed by atoms with Gasteiger partial charge in [-0.1, -0.05) is 6.07 Å². The first kappa shape index (κ1) is 10.9. The normalized spacial score (nSPS) is 13.1. The van der Waals surface area contributed by atoms with Crippen LogP contribution in [0.1, 0.15) is 21.5 Å². The van der Waals surface area contributed by atoms with Crippen LogP contribution in [0.4, 0.5) is 5.69 Å². The van der Waals surface area contributed by atoms with Crippen molar-refractivity contribution in [1.29, 1.82) is 0 Å². The maximum atomic E-state index is 11.9. The highest BCUT2D eigenvalue weighted by Gasteiger charge is 2.11. The van der Waals surface area contributed by atoms with Crippen LogP contribution in [0.2, 0.25) is 0 Å². The second kappa shape index (κ2) is 4.58. The van der Waals surface area contributed by atoms with E-state index in [0.717, 1.165) is 18.8 Å². The number of hydrogen-bond acceptors (Lipinski definition) is 3. The summed E-state index contributed by atoms with van der Waals surface area (Å²) < 4.78 is 0. The number of carbonyl (C=O) groups excluding carboxylic acids is 1. The number of hydrogen-bond donors (Lipinski definition) is 2. The zero-order valence-electron chi connectivity index (χ0n) is 9.81. The van der Waals surface area contributed by atoms with Crippen molar-refractivity contribution in [2.75, 3.05) is 5.32 Å². The Balaban J connectivity index is 1.79. The quantitative estimate of drug-likeness (QED) is 0.842. The first-order valence-corrected chi connectivity index (χ1v) is 5.87. The monoisotopic (exact) mass is 239 g/mol. The van der Waals surface area contributed by atoms with E-state index in [0.29, 0.717) is 5.56 Å². The number of benzene rings is 1. The Bertz CT molecular complexity index is 581. The molecule has 0 saturated heterocycles. The summed E-state index contributed by atoms with van der Waals surface area (Å²) in [4.78, 5) is 15.9. The lowest BCUT2D eigenvalue weighted by molar-refractivity contribution is 0.102. The molecule has 0 bridgehead atoms. The summed E-state index contributed by atoms with van der Waals surface area (Å²) in [6.45, 7) is 1.78. The van der Waals surface area contributed by atoms with Gasteiger partial charge in [0.05, 0.1) is 5.56 Å². The molecule has 2 aromatic rings. The number of amides is 1. The molecule has 18 heavy (non-hydrogen) atoms. The maximum absolute atomic E-state index is 11.9. The van der Waals surface area contributed by atoms with Crippen molar-refractivity contribution in [2.45, 2.75) is 13.1 Å². The summed E-state index contributed by atoms with van der Waals surface area (Å²) in [5, 5.41) is 6.16. The van der Waals surface area contributed by atoms with Gasteiger partial charge in [0.2, 0.25) is 0 Å². The maximum Gasteiger partial charge on any atom is 0.257 e. The van der Waals surface area contributed by atoms with E-state index in [1.807, 2.05) is 18.2 Å². The van der Waals surface area contributed by atoms with E-state index >= 15 is 0 Å². The lowest BCUT2D eigenvalue weighted by atomic mass is 10.1. The Hall–Kier alpha value is -2.20. The van der Waals surface area contributed by atoms with Crippen LogP contribution in [0.3, 0.4) is 0 Å². The lowest BCUT2D eigenvalue weighted by Gasteiger charge is -2.06. The Morgan fingerprint density at radius 2 is 2.11 bits per heavy atom. The molecule has 0 fully saturated rings. The highest BCUT2D eigenvalue weighted by molar-refractivity contribution is 6.04. The van der Waals surface area contributed by atoms with Gasteiger partial charge in [-0.05, 0) is 35.4 Å². The first-order valence-electron chi connectivity index (χ1n) is 5.87. The van der Waals surface area contributed by atoms with Crippen molar-refractivity contribution in [3.8, 4) is 0 Å². The predicted molar refractivity (Wildman–Crippen MR) is 69.2 cm³/mol. The number of nitrogens with one attached hydrogen (secondary N) is 2. The minimum Gasteiger partial charge on any atom is -0.322 e. The van der Waals surface area contributed by atoms with Gasteiger partial charge >= 0.3 is 0 Å². The number of pyridine rings is 1. The fourth-order valence-electron chi connectivity index (χ4n) is 2.07. The molecule has 3 rings (SSSR count). The van der Waals surface area contributed by atoms with E-state index in [9.17, 15) is 4.79 Å². The fraction of sp³-hybridized carbons (Fsp3) is 0.143. The molecule has 0 unspecified atom stereocenters. The highest BCUT2D eigenvalue weighted by atomic mass is 16.1. The standard InChI is InChI=1S/C14H13N3O/c18-14(11-2-1-5-15-8-11)17-13-4-3-10-7-16-9-12(10)6-13/h1-6,8,16H,7,9H2,(H,17,18). The zero-order valence-corrected chi connectivity index (χ0v) is 9.81. The second-order valence-electron chi connectivity index (χ2n) is 4.28. The SMILES string of the molecule is O=C(Nc1ccc2c(c1)CNC2)c1cccnc1. The molecule has 2 heterocycles. The topological polar surface area (TPSA) is 54.0 Å². The molecule has 4 heteroatoms. The third-order valence-corrected chi connectivity index (χ3v) is 3.02. The van der Waals surface area contributed by atoms with Crippen LogP contribution in [0.25, 0.3) is 0 Å². The third-order valence-electron chi connectivity index (χ3n) is 3.02. The van der Waals surface area contributed by atoms with Crippen LogP contribution in [0, 0.1) is 0 Å². The minimum absolute atomic E-state index is 0.131. The van der Waals surface area contributed by atoms with E-state index < -0.39 is 0 Å². The van der Waals surface area contributed by atoms with Gasteiger partial charge in [0, 0.05) is 31.2 Å². The average Bonchev–Trinajstić information content (AvgIpc) is 2.87. The van der Waals surface area contributed by atoms with Crippen molar-refractivity contribution < 1.29 is 4.79 Å². The second-order valence-corrected chi connectivity index (χ2v) is 4.28. The van der Waals surface area contributed by atoms with Crippen molar-refractivity contribution >= 4 is 11.6 Å². The molecule has 0 aliphatic carbocycles. The van der Waals surface area contributed by atoms with E-state index in [4.69, 9.17) is 0 Å². The number of fused-ring (bicyclic) bond motifs is 1. The number of nitrogens with zero attached hydrogens (tertiary/aromatic N) is 1. The molecule has 0 spiro atoms. The third kappa shape index (κ3) is 2.10. The van der Waals surface area contributed by atoms with Gasteiger partial charge in [-0.3, -0.25) is 9.78 Å². The van der Waals surface area contributed by atoms with Crippen LogP contribution in [-0.2, 0) is 13.1 Å². The van der Waals surface area contributed by atoms with E-state index in [-0.39, 0.29) is 5.91 Å². The summed E-state index contributed by atoms with van der Waals surface area (Å²) in [6.07, 6.45) is 3.21. The zero-order chi connectivity index (χ0) is 12.4. The van der Waals surface area contributed by atoms with Crippen LogP contribution in [0.5, 0.6) is 0 Å². The molecule has 90 valence electrons. The Labute approximate surface area is 105 Å². The molecule has 1 amide bonds. The molecule has 1 aromatic heterocycles. The van der Waals surface area contributed by atoms with Gasteiger partial charge in [0.25, 0.3) is 5.91 Å². The van der Waals surface area contributed by atoms with Gasteiger partial charge < -0.3 is 10.6 Å². The smallest absolute Gasteiger partial charge is 0.257 e. The van der Waals surface area contributed by atoms with Gasteiger partial charge in [-0.2, -0.15) is 0 Å². The molecule has 0 radical (unpaired) electrons. The molecule has 0 atom stereocenters. The number of anilines is 1. The lowest BCUT2D eigenvalue weighted by Crippen LogP contribution is -2.12. The molecular weight excluding hydrogens is 226 g/mol.